The van der Waals surface area contributed by atoms with Gasteiger partial charge in [-0.2, -0.15) is 0 Å². The van der Waals surface area contributed by atoms with Crippen LogP contribution >= 0.6 is 0 Å². The highest BCUT2D eigenvalue weighted by molar-refractivity contribution is 5.94. The minimum Gasteiger partial charge on any atom is -0.356 e. The molecule has 2 amide bonds. The van der Waals surface area contributed by atoms with Gasteiger partial charge in [0.15, 0.2) is 0 Å². The largest absolute Gasteiger partial charge is 0.356 e. The summed E-state index contributed by atoms with van der Waals surface area (Å²) in [7, 11) is 0. The molecule has 0 unspecified atom stereocenters. The molecule has 0 bridgehead atoms. The van der Waals surface area contributed by atoms with Crippen LogP contribution < -0.4 is 11.1 Å². The summed E-state index contributed by atoms with van der Waals surface area (Å²) in [4.78, 5) is 29.2. The molecular formula is C21H34N4O2. The SMILES string of the molecule is CCN(CC)CCCNC(=O)C1CCN(C(=O)c2ccc(CN)cc2)CC1. The maximum atomic E-state index is 12.6. The van der Waals surface area contributed by atoms with Crippen LogP contribution in [0.25, 0.3) is 0 Å². The highest BCUT2D eigenvalue weighted by Crippen LogP contribution is 2.19. The van der Waals surface area contributed by atoms with Crippen LogP contribution in [0, 0.1) is 5.92 Å². The summed E-state index contributed by atoms with van der Waals surface area (Å²) in [6.45, 7) is 9.89. The Balaban J connectivity index is 1.72. The predicted octanol–water partition coefficient (Wildman–Crippen LogP) is 1.85. The first-order chi connectivity index (χ1) is 13.1. The molecule has 1 aromatic rings. The van der Waals surface area contributed by atoms with Crippen LogP contribution in [0.4, 0.5) is 0 Å². The van der Waals surface area contributed by atoms with E-state index in [0.717, 1.165) is 51.0 Å². The minimum absolute atomic E-state index is 0.0159. The molecule has 1 aromatic carbocycles. The Labute approximate surface area is 163 Å². The van der Waals surface area contributed by atoms with Gasteiger partial charge in [0.25, 0.3) is 5.91 Å². The van der Waals surface area contributed by atoms with Crippen LogP contribution in [0.5, 0.6) is 0 Å². The summed E-state index contributed by atoms with van der Waals surface area (Å²) in [6, 6.07) is 7.45. The Morgan fingerprint density at radius 2 is 1.78 bits per heavy atom. The summed E-state index contributed by atoms with van der Waals surface area (Å²) >= 11 is 0. The number of likely N-dealkylation sites (tertiary alicyclic amines) is 1. The molecule has 0 saturated carbocycles. The Bertz CT molecular complexity index is 591. The number of hydrogen-bond donors (Lipinski definition) is 2. The number of rotatable bonds is 9. The molecule has 1 aliphatic rings. The molecule has 0 spiro atoms. The van der Waals surface area contributed by atoms with Crippen LogP contribution in [0.3, 0.4) is 0 Å². The van der Waals surface area contributed by atoms with Gasteiger partial charge in [-0.3, -0.25) is 9.59 Å². The molecule has 0 aliphatic carbocycles. The molecule has 6 nitrogen and oxygen atoms in total. The molecule has 0 radical (unpaired) electrons. The molecule has 27 heavy (non-hydrogen) atoms. The van der Waals surface area contributed by atoms with Gasteiger partial charge in [-0.25, -0.2) is 0 Å². The molecule has 150 valence electrons. The molecule has 1 heterocycles. The third kappa shape index (κ3) is 6.33. The summed E-state index contributed by atoms with van der Waals surface area (Å²) in [5.74, 6) is 0.188. The Hall–Kier alpha value is -1.92. The average molecular weight is 375 g/mol. The third-order valence-electron chi connectivity index (χ3n) is 5.43. The minimum atomic E-state index is 0.0159. The summed E-state index contributed by atoms with van der Waals surface area (Å²) in [6.07, 6.45) is 2.44. The Morgan fingerprint density at radius 3 is 2.33 bits per heavy atom. The number of benzene rings is 1. The van der Waals surface area contributed by atoms with Gasteiger partial charge in [0.2, 0.25) is 5.91 Å². The molecular weight excluding hydrogens is 340 g/mol. The fraction of sp³-hybridized carbons (Fsp3) is 0.619. The van der Waals surface area contributed by atoms with Crippen LogP contribution in [-0.4, -0.2) is 60.9 Å². The number of nitrogens with zero attached hydrogens (tertiary/aromatic N) is 2. The van der Waals surface area contributed by atoms with E-state index in [1.165, 1.54) is 0 Å². The van der Waals surface area contributed by atoms with Crippen LogP contribution in [-0.2, 0) is 11.3 Å². The zero-order chi connectivity index (χ0) is 19.6. The molecule has 0 atom stereocenters. The van der Waals surface area contributed by atoms with E-state index in [4.69, 9.17) is 5.73 Å². The number of nitrogens with two attached hydrogens (primary N) is 1. The number of hydrogen-bond acceptors (Lipinski definition) is 4. The van der Waals surface area contributed by atoms with E-state index in [0.29, 0.717) is 25.2 Å². The molecule has 6 heteroatoms. The van der Waals surface area contributed by atoms with Crippen molar-refractivity contribution in [3.8, 4) is 0 Å². The maximum Gasteiger partial charge on any atom is 0.253 e. The monoisotopic (exact) mass is 374 g/mol. The number of piperidine rings is 1. The molecule has 0 aromatic heterocycles. The van der Waals surface area contributed by atoms with E-state index in [1.54, 1.807) is 0 Å². The van der Waals surface area contributed by atoms with Crippen molar-refractivity contribution >= 4 is 11.8 Å². The number of nitrogens with one attached hydrogen (secondary N) is 1. The van der Waals surface area contributed by atoms with Gasteiger partial charge in [-0.1, -0.05) is 26.0 Å². The van der Waals surface area contributed by atoms with Crippen LogP contribution in [0.2, 0.25) is 0 Å². The number of carbonyl (C=O) groups is 2. The highest BCUT2D eigenvalue weighted by Gasteiger charge is 2.27. The lowest BCUT2D eigenvalue weighted by atomic mass is 9.95. The van der Waals surface area contributed by atoms with E-state index >= 15 is 0 Å². The zero-order valence-corrected chi connectivity index (χ0v) is 16.7. The molecule has 1 saturated heterocycles. The third-order valence-corrected chi connectivity index (χ3v) is 5.43. The first-order valence-electron chi connectivity index (χ1n) is 10.2. The van der Waals surface area contributed by atoms with E-state index < -0.39 is 0 Å². The second-order valence-electron chi connectivity index (χ2n) is 7.14. The molecule has 2 rings (SSSR count). The van der Waals surface area contributed by atoms with Crippen molar-refractivity contribution in [3.63, 3.8) is 0 Å². The molecule has 1 aliphatic heterocycles. The first-order valence-corrected chi connectivity index (χ1v) is 10.2. The predicted molar refractivity (Wildman–Crippen MR) is 108 cm³/mol. The van der Waals surface area contributed by atoms with Crippen molar-refractivity contribution in [1.29, 1.82) is 0 Å². The average Bonchev–Trinajstić information content (AvgIpc) is 2.73. The van der Waals surface area contributed by atoms with Crippen molar-refractivity contribution in [1.82, 2.24) is 15.1 Å². The Morgan fingerprint density at radius 1 is 1.15 bits per heavy atom. The quantitative estimate of drug-likeness (QED) is 0.647. The van der Waals surface area contributed by atoms with Crippen molar-refractivity contribution < 1.29 is 9.59 Å². The van der Waals surface area contributed by atoms with E-state index in [2.05, 4.69) is 24.1 Å². The highest BCUT2D eigenvalue weighted by atomic mass is 16.2. The van der Waals surface area contributed by atoms with Crippen molar-refractivity contribution in [2.75, 3.05) is 39.3 Å². The molecule has 1 fully saturated rings. The van der Waals surface area contributed by atoms with Crippen molar-refractivity contribution in [2.45, 2.75) is 39.7 Å². The first kappa shape index (κ1) is 21.4. The van der Waals surface area contributed by atoms with Gasteiger partial charge in [0.1, 0.15) is 0 Å². The topological polar surface area (TPSA) is 78.7 Å². The van der Waals surface area contributed by atoms with Gasteiger partial charge in [0, 0.05) is 37.7 Å². The lowest BCUT2D eigenvalue weighted by molar-refractivity contribution is -0.126. The Kier molecular flexibility index (Phi) is 8.75. The second kappa shape index (κ2) is 11.0. The van der Waals surface area contributed by atoms with Crippen molar-refractivity contribution in [2.24, 2.45) is 11.7 Å². The lowest BCUT2D eigenvalue weighted by Crippen LogP contribution is -2.43. The summed E-state index contributed by atoms with van der Waals surface area (Å²) < 4.78 is 0. The van der Waals surface area contributed by atoms with Crippen LogP contribution in [0.15, 0.2) is 24.3 Å². The van der Waals surface area contributed by atoms with Gasteiger partial charge < -0.3 is 20.9 Å². The fourth-order valence-electron chi connectivity index (χ4n) is 3.51. The van der Waals surface area contributed by atoms with Gasteiger partial charge in [-0.05, 0) is 56.6 Å². The lowest BCUT2D eigenvalue weighted by Gasteiger charge is -2.31. The van der Waals surface area contributed by atoms with E-state index in [1.807, 2.05) is 29.2 Å². The standard InChI is InChI=1S/C21H34N4O2/c1-3-24(4-2)13-5-12-23-20(26)18-10-14-25(15-11-18)21(27)19-8-6-17(16-22)7-9-19/h6-9,18H,3-5,10-16,22H2,1-2H3,(H,23,26). The number of carbonyl (C=O) groups excluding carboxylic acids is 2. The fourth-order valence-corrected chi connectivity index (χ4v) is 3.51. The van der Waals surface area contributed by atoms with Crippen molar-refractivity contribution in [3.05, 3.63) is 35.4 Å². The normalized spacial score (nSPS) is 15.2. The van der Waals surface area contributed by atoms with Gasteiger partial charge in [-0.15, -0.1) is 0 Å². The van der Waals surface area contributed by atoms with E-state index in [-0.39, 0.29) is 17.7 Å². The number of amides is 2. The smallest absolute Gasteiger partial charge is 0.253 e. The maximum absolute atomic E-state index is 12.6. The summed E-state index contributed by atoms with van der Waals surface area (Å²) in [5, 5.41) is 3.06. The zero-order valence-electron chi connectivity index (χ0n) is 16.7. The van der Waals surface area contributed by atoms with Crippen LogP contribution in [0.1, 0.15) is 49.0 Å². The van der Waals surface area contributed by atoms with Gasteiger partial charge in [0.05, 0.1) is 0 Å². The van der Waals surface area contributed by atoms with Gasteiger partial charge >= 0.3 is 0 Å². The summed E-state index contributed by atoms with van der Waals surface area (Å²) in [5.41, 5.74) is 7.30. The molecule has 3 N–H and O–H groups in total. The van der Waals surface area contributed by atoms with E-state index in [9.17, 15) is 9.59 Å². The second-order valence-corrected chi connectivity index (χ2v) is 7.14.